The predicted molar refractivity (Wildman–Crippen MR) is 135 cm³/mol. The van der Waals surface area contributed by atoms with E-state index in [4.69, 9.17) is 5.73 Å². The number of aliphatic hydroxyl groups excluding tert-OH is 2. The third-order valence-corrected chi connectivity index (χ3v) is 8.93. The molecule has 0 heterocycles. The molecule has 0 aromatic heterocycles. The summed E-state index contributed by atoms with van der Waals surface area (Å²) in [5.74, 6) is -6.75. The molecular formula is C27H26N2O7S. The molecule has 2 aromatic rings. The number of allylic oxidation sites excluding steroid dienone is 1. The summed E-state index contributed by atoms with van der Waals surface area (Å²) in [6.07, 6.45) is 0.0198. The number of nitrogens with two attached hydrogens (primary N) is 1. The Bertz CT molecular complexity index is 1400. The Labute approximate surface area is 216 Å². The van der Waals surface area contributed by atoms with Crippen LogP contribution in [0.4, 0.5) is 0 Å². The molecular weight excluding hydrogens is 496 g/mol. The summed E-state index contributed by atoms with van der Waals surface area (Å²) in [6, 6.07) is 13.1. The van der Waals surface area contributed by atoms with Crippen LogP contribution in [0.5, 0.6) is 5.75 Å². The van der Waals surface area contributed by atoms with E-state index in [9.17, 15) is 34.8 Å². The minimum absolute atomic E-state index is 0.0169. The fourth-order valence-electron chi connectivity index (χ4n) is 5.98. The number of carbonyl (C=O) groups excluding carboxylic acids is 3. The maximum absolute atomic E-state index is 13.7. The molecule has 0 bridgehead atoms. The number of benzene rings is 2. The Morgan fingerprint density at radius 2 is 1.73 bits per heavy atom. The maximum Gasteiger partial charge on any atom is 0.255 e. The standard InChI is InChI=1S/C27H26N2O7S/c1-29(2)20-15-11-14-18(24(33)27(15,36)25(34)19(22(20)32)26(28)35)21(31)17-13(9-6-10-16(17)30)23(14)37-12-7-4-3-5-8-12/h3-10,14-15,20,23,30,32-33,36H,11H2,1-2H3,(H2,28,35)/t14-,15-,20-,23-,27-/m0/s1. The van der Waals surface area contributed by atoms with Crippen molar-refractivity contribution in [1.29, 1.82) is 0 Å². The molecule has 0 unspecified atom stereocenters. The third kappa shape index (κ3) is 3.51. The van der Waals surface area contributed by atoms with Gasteiger partial charge in [-0.1, -0.05) is 30.3 Å². The lowest BCUT2D eigenvalue weighted by Gasteiger charge is -2.51. The molecule has 37 heavy (non-hydrogen) atoms. The summed E-state index contributed by atoms with van der Waals surface area (Å²) in [6.45, 7) is 0. The van der Waals surface area contributed by atoms with Gasteiger partial charge in [-0.05, 0) is 44.3 Å². The number of nitrogens with zero attached hydrogens (tertiary/aromatic N) is 1. The van der Waals surface area contributed by atoms with Gasteiger partial charge >= 0.3 is 0 Å². The van der Waals surface area contributed by atoms with Crippen molar-refractivity contribution in [2.45, 2.75) is 28.2 Å². The molecule has 0 radical (unpaired) electrons. The summed E-state index contributed by atoms with van der Waals surface area (Å²) < 4.78 is 0. The normalized spacial score (nSPS) is 29.2. The SMILES string of the molecule is CN(C)[C@@H]1C(O)=C(C(N)=O)C(=O)[C@@]2(O)C(O)=C3C(=O)c4c(O)cccc4[C@H](Sc4ccccc4)[C@H]3C[C@@H]12. The van der Waals surface area contributed by atoms with Crippen LogP contribution in [0.15, 0.2) is 76.1 Å². The first-order valence-corrected chi connectivity index (χ1v) is 12.6. The van der Waals surface area contributed by atoms with Gasteiger partial charge < -0.3 is 26.2 Å². The average molecular weight is 523 g/mol. The Morgan fingerprint density at radius 1 is 1.05 bits per heavy atom. The summed E-state index contributed by atoms with van der Waals surface area (Å²) in [5, 5.41) is 44.4. The van der Waals surface area contributed by atoms with Gasteiger partial charge in [0.15, 0.2) is 11.4 Å². The van der Waals surface area contributed by atoms with Gasteiger partial charge in [-0.25, -0.2) is 0 Å². The van der Waals surface area contributed by atoms with Gasteiger partial charge in [-0.2, -0.15) is 0 Å². The van der Waals surface area contributed by atoms with Crippen molar-refractivity contribution in [3.63, 3.8) is 0 Å². The molecule has 5 atom stereocenters. The summed E-state index contributed by atoms with van der Waals surface area (Å²) in [5.41, 5.74) is 2.24. The van der Waals surface area contributed by atoms with Gasteiger partial charge in [0, 0.05) is 27.6 Å². The zero-order valence-electron chi connectivity index (χ0n) is 20.1. The van der Waals surface area contributed by atoms with Crippen molar-refractivity contribution < 1.29 is 34.8 Å². The van der Waals surface area contributed by atoms with Crippen molar-refractivity contribution in [3.8, 4) is 5.75 Å². The lowest BCUT2D eigenvalue weighted by Crippen LogP contribution is -2.64. The number of thioether (sulfide) groups is 1. The second kappa shape index (κ2) is 8.76. The Kier molecular flexibility index (Phi) is 5.93. The van der Waals surface area contributed by atoms with Crippen LogP contribution in [-0.4, -0.2) is 68.5 Å². The van der Waals surface area contributed by atoms with E-state index in [1.807, 2.05) is 30.3 Å². The molecule has 3 aliphatic carbocycles. The number of amides is 1. The van der Waals surface area contributed by atoms with E-state index in [2.05, 4.69) is 0 Å². The van der Waals surface area contributed by atoms with Gasteiger partial charge in [0.25, 0.3) is 5.91 Å². The lowest BCUT2D eigenvalue weighted by atomic mass is 9.58. The summed E-state index contributed by atoms with van der Waals surface area (Å²) in [7, 11) is 3.20. The molecule has 9 nitrogen and oxygen atoms in total. The van der Waals surface area contributed by atoms with Crippen molar-refractivity contribution >= 4 is 29.2 Å². The highest BCUT2D eigenvalue weighted by Crippen LogP contribution is 2.58. The van der Waals surface area contributed by atoms with Crippen LogP contribution in [0.2, 0.25) is 0 Å². The van der Waals surface area contributed by atoms with E-state index >= 15 is 0 Å². The van der Waals surface area contributed by atoms with E-state index in [1.54, 1.807) is 26.2 Å². The Hall–Kier alpha value is -3.60. The maximum atomic E-state index is 13.7. The highest BCUT2D eigenvalue weighted by atomic mass is 32.2. The van der Waals surface area contributed by atoms with E-state index in [1.165, 1.54) is 22.7 Å². The number of aromatic hydroxyl groups is 1. The number of phenols is 1. The van der Waals surface area contributed by atoms with Crippen LogP contribution in [-0.2, 0) is 9.59 Å². The van der Waals surface area contributed by atoms with Crippen LogP contribution in [0.25, 0.3) is 0 Å². The van der Waals surface area contributed by atoms with Crippen LogP contribution >= 0.6 is 11.8 Å². The predicted octanol–water partition coefficient (Wildman–Crippen LogP) is 2.41. The molecule has 2 aromatic carbocycles. The second-order valence-corrected chi connectivity index (χ2v) is 11.0. The van der Waals surface area contributed by atoms with E-state index < -0.39 is 63.3 Å². The van der Waals surface area contributed by atoms with Gasteiger partial charge in [0.2, 0.25) is 5.78 Å². The highest BCUT2D eigenvalue weighted by molar-refractivity contribution is 7.99. The number of aliphatic hydroxyl groups is 3. The summed E-state index contributed by atoms with van der Waals surface area (Å²) in [4.78, 5) is 41.7. The molecule has 192 valence electrons. The number of rotatable bonds is 4. The number of ketones is 2. The molecule has 0 saturated carbocycles. The van der Waals surface area contributed by atoms with Crippen LogP contribution < -0.4 is 5.73 Å². The first-order valence-electron chi connectivity index (χ1n) is 11.7. The molecule has 5 rings (SSSR count). The minimum Gasteiger partial charge on any atom is -0.510 e. The number of hydrogen-bond acceptors (Lipinski definition) is 9. The monoisotopic (exact) mass is 522 g/mol. The topological polar surface area (TPSA) is 161 Å². The van der Waals surface area contributed by atoms with Crippen molar-refractivity contribution in [2.75, 3.05) is 14.1 Å². The largest absolute Gasteiger partial charge is 0.510 e. The average Bonchev–Trinajstić information content (AvgIpc) is 2.84. The number of likely N-dealkylation sites (N-methyl/N-ethyl adjacent to an activating group) is 1. The Morgan fingerprint density at radius 3 is 2.35 bits per heavy atom. The summed E-state index contributed by atoms with van der Waals surface area (Å²) >= 11 is 1.42. The van der Waals surface area contributed by atoms with Gasteiger partial charge in [0.1, 0.15) is 22.8 Å². The van der Waals surface area contributed by atoms with Crippen molar-refractivity contribution in [3.05, 3.63) is 82.3 Å². The number of hydrogen-bond donors (Lipinski definition) is 5. The second-order valence-electron chi connectivity index (χ2n) is 9.76. The smallest absolute Gasteiger partial charge is 0.255 e. The zero-order valence-corrected chi connectivity index (χ0v) is 20.9. The number of carbonyl (C=O) groups is 3. The molecule has 10 heteroatoms. The number of primary amides is 1. The van der Waals surface area contributed by atoms with Crippen LogP contribution in [0, 0.1) is 11.8 Å². The van der Waals surface area contributed by atoms with Gasteiger partial charge in [0.05, 0.1) is 11.6 Å². The molecule has 1 amide bonds. The quantitative estimate of drug-likeness (QED) is 0.380. The highest BCUT2D eigenvalue weighted by Gasteiger charge is 2.64. The lowest BCUT2D eigenvalue weighted by molar-refractivity contribution is -0.148. The van der Waals surface area contributed by atoms with Gasteiger partial charge in [-0.3, -0.25) is 19.3 Å². The molecule has 0 spiro atoms. The molecule has 0 fully saturated rings. The fraction of sp³-hybridized carbons (Fsp3) is 0.296. The number of fused-ring (bicyclic) bond motifs is 3. The first-order chi connectivity index (χ1) is 17.5. The Balaban J connectivity index is 1.77. The molecule has 0 aliphatic heterocycles. The third-order valence-electron chi connectivity index (χ3n) is 7.55. The van der Waals surface area contributed by atoms with Crippen molar-refractivity contribution in [1.82, 2.24) is 4.90 Å². The minimum atomic E-state index is -2.67. The van der Waals surface area contributed by atoms with E-state index in [-0.39, 0.29) is 23.3 Å². The van der Waals surface area contributed by atoms with Crippen molar-refractivity contribution in [2.24, 2.45) is 17.6 Å². The number of Topliss-reactive ketones (excluding diaryl/α,β-unsaturated/α-hetero) is 2. The molecule has 3 aliphatic rings. The van der Waals surface area contributed by atoms with E-state index in [0.29, 0.717) is 5.56 Å². The van der Waals surface area contributed by atoms with Crippen LogP contribution in [0.3, 0.4) is 0 Å². The first kappa shape index (κ1) is 25.1. The zero-order chi connectivity index (χ0) is 26.8. The molecule has 6 N–H and O–H groups in total. The van der Waals surface area contributed by atoms with Crippen LogP contribution in [0.1, 0.15) is 27.6 Å². The number of phenolic OH excluding ortho intramolecular Hbond substituents is 1. The van der Waals surface area contributed by atoms with E-state index in [0.717, 1.165) is 4.90 Å². The van der Waals surface area contributed by atoms with Gasteiger partial charge in [-0.15, -0.1) is 11.8 Å². The fourth-order valence-corrected chi connectivity index (χ4v) is 7.32. The molecule has 0 saturated heterocycles.